The van der Waals surface area contributed by atoms with Gasteiger partial charge in [-0.15, -0.1) is 0 Å². The lowest BCUT2D eigenvalue weighted by Crippen LogP contribution is -2.51. The number of amides is 3. The molecule has 3 amide bonds. The van der Waals surface area contributed by atoms with Gasteiger partial charge in [0.1, 0.15) is 5.82 Å². The summed E-state index contributed by atoms with van der Waals surface area (Å²) in [7, 11) is 0. The number of anilines is 2. The second kappa shape index (κ2) is 10.7. The fourth-order valence-electron chi connectivity index (χ4n) is 4.97. The van der Waals surface area contributed by atoms with Crippen molar-refractivity contribution >= 4 is 29.1 Å². The molecular weight excluding hydrogens is 461 g/mol. The normalized spacial score (nSPS) is 18.5. The van der Waals surface area contributed by atoms with Gasteiger partial charge in [0.2, 0.25) is 5.91 Å². The maximum absolute atomic E-state index is 13.4. The summed E-state index contributed by atoms with van der Waals surface area (Å²) in [6.07, 6.45) is 3.11. The van der Waals surface area contributed by atoms with E-state index in [1.165, 1.54) is 24.3 Å². The summed E-state index contributed by atoms with van der Waals surface area (Å²) in [5.41, 5.74) is 2.17. The minimum atomic E-state index is -0.412. The number of hydrogen-bond acceptors (Lipinski definition) is 5. The molecule has 2 aromatic carbocycles. The van der Waals surface area contributed by atoms with Crippen LogP contribution in [0.2, 0.25) is 0 Å². The zero-order valence-electron chi connectivity index (χ0n) is 20.3. The van der Waals surface area contributed by atoms with Crippen LogP contribution in [0.3, 0.4) is 0 Å². The molecule has 9 heteroatoms. The first-order chi connectivity index (χ1) is 17.5. The van der Waals surface area contributed by atoms with Gasteiger partial charge in [-0.1, -0.05) is 6.42 Å². The van der Waals surface area contributed by atoms with E-state index in [0.29, 0.717) is 56.1 Å². The molecule has 2 aliphatic heterocycles. The molecule has 36 heavy (non-hydrogen) atoms. The Morgan fingerprint density at radius 2 is 1.50 bits per heavy atom. The number of nitrogens with one attached hydrogen (secondary N) is 2. The Labute approximate surface area is 210 Å². The maximum Gasteiger partial charge on any atom is 0.255 e. The van der Waals surface area contributed by atoms with E-state index in [2.05, 4.69) is 15.5 Å². The van der Waals surface area contributed by atoms with Gasteiger partial charge in [0.25, 0.3) is 11.8 Å². The quantitative estimate of drug-likeness (QED) is 0.669. The Hall–Kier alpha value is -3.46. The molecule has 2 saturated heterocycles. The lowest BCUT2D eigenvalue weighted by Gasteiger charge is -2.39. The van der Waals surface area contributed by atoms with Crippen molar-refractivity contribution in [1.82, 2.24) is 15.1 Å². The standard InChI is InChI=1S/C27H32FN5O3/c28-22-7-4-19(5-8-22)25(34)30-23-18-21(27(36)32-12-10-29-11-13-32)6-9-24(23)31-14-16-33(17-15-31)26(35)20-2-1-3-20/h4-9,18,20,29H,1-3,10-17H2,(H,30,34). The van der Waals surface area contributed by atoms with Crippen LogP contribution < -0.4 is 15.5 Å². The highest BCUT2D eigenvalue weighted by Gasteiger charge is 2.32. The number of carbonyl (C=O) groups is 3. The fourth-order valence-corrected chi connectivity index (χ4v) is 4.97. The van der Waals surface area contributed by atoms with Gasteiger partial charge in [-0.2, -0.15) is 0 Å². The molecule has 0 radical (unpaired) electrons. The highest BCUT2D eigenvalue weighted by Crippen LogP contribution is 2.32. The van der Waals surface area contributed by atoms with Crippen LogP contribution in [0.15, 0.2) is 42.5 Å². The van der Waals surface area contributed by atoms with E-state index < -0.39 is 5.82 Å². The van der Waals surface area contributed by atoms with Crippen molar-refractivity contribution in [1.29, 1.82) is 0 Å². The van der Waals surface area contributed by atoms with Crippen molar-refractivity contribution in [3.8, 4) is 0 Å². The lowest BCUT2D eigenvalue weighted by atomic mass is 9.84. The van der Waals surface area contributed by atoms with E-state index in [1.54, 1.807) is 12.1 Å². The van der Waals surface area contributed by atoms with E-state index in [9.17, 15) is 18.8 Å². The number of hydrogen-bond donors (Lipinski definition) is 2. The Morgan fingerprint density at radius 3 is 2.14 bits per heavy atom. The lowest BCUT2D eigenvalue weighted by molar-refractivity contribution is -0.138. The average Bonchev–Trinajstić information content (AvgIpc) is 2.88. The third-order valence-electron chi connectivity index (χ3n) is 7.39. The molecule has 190 valence electrons. The smallest absolute Gasteiger partial charge is 0.255 e. The summed E-state index contributed by atoms with van der Waals surface area (Å²) >= 11 is 0. The van der Waals surface area contributed by atoms with Gasteiger partial charge in [-0.3, -0.25) is 14.4 Å². The van der Waals surface area contributed by atoms with Gasteiger partial charge >= 0.3 is 0 Å². The van der Waals surface area contributed by atoms with Gasteiger partial charge in [0, 0.05) is 69.4 Å². The predicted molar refractivity (Wildman–Crippen MR) is 136 cm³/mol. The molecule has 2 heterocycles. The number of nitrogens with zero attached hydrogens (tertiary/aromatic N) is 3. The first kappa shape index (κ1) is 24.2. The number of rotatable bonds is 5. The Balaban J connectivity index is 1.36. The highest BCUT2D eigenvalue weighted by atomic mass is 19.1. The summed E-state index contributed by atoms with van der Waals surface area (Å²) in [6, 6.07) is 10.8. The second-order valence-electron chi connectivity index (χ2n) is 9.68. The molecule has 3 fully saturated rings. The molecule has 8 nitrogen and oxygen atoms in total. The molecule has 1 aliphatic carbocycles. The van der Waals surface area contributed by atoms with Crippen LogP contribution in [0.1, 0.15) is 40.0 Å². The van der Waals surface area contributed by atoms with Gasteiger partial charge in [-0.25, -0.2) is 4.39 Å². The van der Waals surface area contributed by atoms with E-state index in [4.69, 9.17) is 0 Å². The average molecular weight is 494 g/mol. The van der Waals surface area contributed by atoms with Crippen molar-refractivity contribution in [2.75, 3.05) is 62.6 Å². The van der Waals surface area contributed by atoms with Crippen LogP contribution in [0.25, 0.3) is 0 Å². The number of benzene rings is 2. The van der Waals surface area contributed by atoms with Crippen molar-refractivity contribution in [2.45, 2.75) is 19.3 Å². The van der Waals surface area contributed by atoms with Crippen LogP contribution in [0, 0.1) is 11.7 Å². The summed E-state index contributed by atoms with van der Waals surface area (Å²) < 4.78 is 13.4. The van der Waals surface area contributed by atoms with Crippen molar-refractivity contribution in [2.24, 2.45) is 5.92 Å². The molecule has 0 atom stereocenters. The van der Waals surface area contributed by atoms with Gasteiger partial charge < -0.3 is 25.3 Å². The summed E-state index contributed by atoms with van der Waals surface area (Å²) in [4.78, 5) is 44.7. The fraction of sp³-hybridized carbons (Fsp3) is 0.444. The van der Waals surface area contributed by atoms with Crippen molar-refractivity contribution in [3.05, 3.63) is 59.4 Å². The monoisotopic (exact) mass is 493 g/mol. The molecular formula is C27H32FN5O3. The van der Waals surface area contributed by atoms with Gasteiger partial charge in [0.15, 0.2) is 0 Å². The van der Waals surface area contributed by atoms with Crippen LogP contribution >= 0.6 is 0 Å². The zero-order chi connectivity index (χ0) is 25.1. The minimum absolute atomic E-state index is 0.0729. The molecule has 1 saturated carbocycles. The molecule has 0 aromatic heterocycles. The molecule has 3 aliphatic rings. The Bertz CT molecular complexity index is 1120. The first-order valence-electron chi connectivity index (χ1n) is 12.7. The van der Waals surface area contributed by atoms with Crippen molar-refractivity contribution in [3.63, 3.8) is 0 Å². The summed E-state index contributed by atoms with van der Waals surface area (Å²) in [6.45, 7) is 5.31. The molecule has 5 rings (SSSR count). The number of halogens is 1. The van der Waals surface area contributed by atoms with Crippen LogP contribution in [-0.2, 0) is 4.79 Å². The molecule has 2 aromatic rings. The predicted octanol–water partition coefficient (Wildman–Crippen LogP) is 2.57. The number of piperazine rings is 2. The van der Waals surface area contributed by atoms with Crippen LogP contribution in [-0.4, -0.2) is 79.9 Å². The molecule has 0 unspecified atom stereocenters. The zero-order valence-corrected chi connectivity index (χ0v) is 20.3. The highest BCUT2D eigenvalue weighted by molar-refractivity contribution is 6.07. The molecule has 0 bridgehead atoms. The Morgan fingerprint density at radius 1 is 0.833 bits per heavy atom. The van der Waals surface area contributed by atoms with Gasteiger partial charge in [0.05, 0.1) is 11.4 Å². The maximum atomic E-state index is 13.4. The largest absolute Gasteiger partial charge is 0.366 e. The number of carbonyl (C=O) groups excluding carboxylic acids is 3. The van der Waals surface area contributed by atoms with E-state index in [0.717, 1.165) is 38.0 Å². The third-order valence-corrected chi connectivity index (χ3v) is 7.39. The first-order valence-corrected chi connectivity index (χ1v) is 12.7. The van der Waals surface area contributed by atoms with Gasteiger partial charge in [-0.05, 0) is 55.3 Å². The van der Waals surface area contributed by atoms with Crippen molar-refractivity contribution < 1.29 is 18.8 Å². The topological polar surface area (TPSA) is 85.0 Å². The van der Waals surface area contributed by atoms with E-state index >= 15 is 0 Å². The van der Waals surface area contributed by atoms with Crippen LogP contribution in [0.5, 0.6) is 0 Å². The third kappa shape index (κ3) is 5.21. The van der Waals surface area contributed by atoms with E-state index in [1.807, 2.05) is 15.9 Å². The second-order valence-corrected chi connectivity index (χ2v) is 9.68. The molecule has 0 spiro atoms. The summed E-state index contributed by atoms with van der Waals surface area (Å²) in [5, 5.41) is 6.19. The molecule has 2 N–H and O–H groups in total. The Kier molecular flexibility index (Phi) is 7.18. The minimum Gasteiger partial charge on any atom is -0.366 e. The summed E-state index contributed by atoms with van der Waals surface area (Å²) in [5.74, 6) is -0.427. The van der Waals surface area contributed by atoms with Crippen LogP contribution in [0.4, 0.5) is 15.8 Å². The van der Waals surface area contributed by atoms with E-state index in [-0.39, 0.29) is 23.6 Å². The SMILES string of the molecule is O=C(Nc1cc(C(=O)N2CCNCC2)ccc1N1CCN(C(=O)C2CCC2)CC1)c1ccc(F)cc1.